The first-order valence-corrected chi connectivity index (χ1v) is 9.40. The zero-order valence-corrected chi connectivity index (χ0v) is 13.8. The Morgan fingerprint density at radius 2 is 1.11 bits per heavy atom. The number of hydrogen-bond acceptors (Lipinski definition) is 7. The minimum Gasteiger partial charge on any atom is -0.382 e. The topological polar surface area (TPSA) is 72.5 Å². The Balaban J connectivity index is 3.39. The van der Waals surface area contributed by atoms with Gasteiger partial charge in [0.25, 0.3) is 0 Å². The first kappa shape index (κ1) is 19.5. The Morgan fingerprint density at radius 1 is 0.737 bits per heavy atom. The van der Waals surface area contributed by atoms with Crippen LogP contribution in [-0.2, 0) is 32.6 Å². The van der Waals surface area contributed by atoms with Gasteiger partial charge in [0.1, 0.15) is 0 Å². The fourth-order valence-corrected chi connectivity index (χ4v) is 2.46. The van der Waals surface area contributed by atoms with E-state index in [0.29, 0.717) is 39.6 Å². The summed E-state index contributed by atoms with van der Waals surface area (Å²) in [6.07, 6.45) is -3.21. The van der Waals surface area contributed by atoms with E-state index >= 15 is 0 Å². The number of halogens is 1. The lowest BCUT2D eigenvalue weighted by Gasteiger charge is -2.12. The molecule has 0 heterocycles. The summed E-state index contributed by atoms with van der Waals surface area (Å²) in [7, 11) is 3.18. The third kappa shape index (κ3) is 14.7. The fourth-order valence-electron chi connectivity index (χ4n) is 0.936. The van der Waals surface area contributed by atoms with E-state index in [-0.39, 0.29) is 13.2 Å². The van der Waals surface area contributed by atoms with Crippen LogP contribution in [0.15, 0.2) is 0 Å². The Morgan fingerprint density at radius 3 is 1.47 bits per heavy atom. The molecule has 9 heteroatoms. The molecule has 0 unspecified atom stereocenters. The summed E-state index contributed by atoms with van der Waals surface area (Å²) in [6, 6.07) is 0. The van der Waals surface area contributed by atoms with E-state index in [1.807, 2.05) is 0 Å². The highest BCUT2D eigenvalue weighted by atomic mass is 79.9. The van der Waals surface area contributed by atoms with E-state index in [0.717, 1.165) is 0 Å². The normalized spacial score (nSPS) is 11.9. The van der Waals surface area contributed by atoms with Crippen LogP contribution in [0.25, 0.3) is 0 Å². The molecule has 0 amide bonds. The Bertz CT molecular complexity index is 222. The maximum atomic E-state index is 11.7. The maximum absolute atomic E-state index is 11.7. The second kappa shape index (κ2) is 13.5. The van der Waals surface area contributed by atoms with Gasteiger partial charge in [-0.3, -0.25) is 9.05 Å². The van der Waals surface area contributed by atoms with Crippen molar-refractivity contribution in [3.63, 3.8) is 0 Å². The molecule has 0 rings (SSSR count). The maximum Gasteiger partial charge on any atom is 0.396 e. The Hall–Kier alpha value is 0.470. The minimum absolute atomic E-state index is 0.177. The Kier molecular flexibility index (Phi) is 13.8. The first-order chi connectivity index (χ1) is 9.12. The van der Waals surface area contributed by atoms with E-state index in [1.54, 1.807) is 14.2 Å². The largest absolute Gasteiger partial charge is 0.396 e. The van der Waals surface area contributed by atoms with Gasteiger partial charge in [0.15, 0.2) is 0 Å². The van der Waals surface area contributed by atoms with Crippen LogP contribution in [0.4, 0.5) is 0 Å². The van der Waals surface area contributed by atoms with Crippen LogP contribution in [0.3, 0.4) is 0 Å². The highest BCUT2D eigenvalue weighted by molar-refractivity contribution is 9.39. The van der Waals surface area contributed by atoms with Crippen molar-refractivity contribution in [3.8, 4) is 0 Å². The molecular formula is C10H22BrO7P. The predicted octanol–water partition coefficient (Wildman–Crippen LogP) is 1.85. The molecule has 0 saturated carbocycles. The Labute approximate surface area is 122 Å². The quantitative estimate of drug-likeness (QED) is 0.344. The zero-order valence-electron chi connectivity index (χ0n) is 11.3. The zero-order chi connectivity index (χ0) is 14.4. The lowest BCUT2D eigenvalue weighted by molar-refractivity contribution is 0.0430. The third-order valence-corrected chi connectivity index (χ3v) is 4.02. The van der Waals surface area contributed by atoms with E-state index in [1.165, 1.54) is 0 Å². The molecule has 0 spiro atoms. The van der Waals surface area contributed by atoms with Gasteiger partial charge >= 0.3 is 6.30 Å². The van der Waals surface area contributed by atoms with Crippen molar-refractivity contribution in [1.29, 1.82) is 0 Å². The van der Waals surface area contributed by atoms with Crippen LogP contribution in [0.5, 0.6) is 0 Å². The average Bonchev–Trinajstić information content (AvgIpc) is 2.38. The molecule has 0 aromatic heterocycles. The summed E-state index contributed by atoms with van der Waals surface area (Å²) in [5, 5.41) is 0. The summed E-state index contributed by atoms with van der Waals surface area (Å²) < 4.78 is 41.7. The molecule has 0 bridgehead atoms. The van der Waals surface area contributed by atoms with E-state index in [2.05, 4.69) is 15.5 Å². The summed E-state index contributed by atoms with van der Waals surface area (Å²) >= 11 is 2.90. The lowest BCUT2D eigenvalue weighted by atomic mass is 10.7. The summed E-state index contributed by atoms with van der Waals surface area (Å²) in [5.74, 6) is 0. The van der Waals surface area contributed by atoms with E-state index in [4.69, 9.17) is 28.0 Å². The van der Waals surface area contributed by atoms with Crippen molar-refractivity contribution in [1.82, 2.24) is 0 Å². The molecule has 0 aliphatic heterocycles. The number of rotatable bonds is 14. The van der Waals surface area contributed by atoms with Gasteiger partial charge in [-0.25, -0.2) is 4.57 Å². The first-order valence-electron chi connectivity index (χ1n) is 5.84. The number of methoxy groups -OCH3 is 2. The third-order valence-electron chi connectivity index (χ3n) is 1.81. The molecule has 116 valence electrons. The van der Waals surface area contributed by atoms with Gasteiger partial charge in [-0.1, -0.05) is 0 Å². The average molecular weight is 365 g/mol. The summed E-state index contributed by atoms with van der Waals surface area (Å²) in [5.41, 5.74) is 0. The highest BCUT2D eigenvalue weighted by Gasteiger charge is 2.19. The highest BCUT2D eigenvalue weighted by Crippen LogP contribution is 2.55. The second-order valence-electron chi connectivity index (χ2n) is 3.31. The van der Waals surface area contributed by atoms with Gasteiger partial charge in [0.05, 0.1) is 52.9 Å². The molecule has 0 aromatic carbocycles. The molecule has 0 radical (unpaired) electrons. The van der Waals surface area contributed by atoms with Crippen molar-refractivity contribution < 1.29 is 32.6 Å². The molecule has 0 saturated heterocycles. The van der Waals surface area contributed by atoms with Crippen molar-refractivity contribution in [2.75, 3.05) is 67.1 Å². The van der Waals surface area contributed by atoms with E-state index < -0.39 is 6.30 Å². The van der Waals surface area contributed by atoms with Crippen LogP contribution in [0, 0.1) is 0 Å². The number of hydrogen-bond donors (Lipinski definition) is 0. The van der Waals surface area contributed by atoms with E-state index in [9.17, 15) is 4.57 Å². The standard InChI is InChI=1S/C10H22BrO7P/c1-13-3-5-15-7-9-17-19(11,12)18-10-8-16-6-4-14-2/h3-10H2,1-2H3. The molecular weight excluding hydrogens is 343 g/mol. The summed E-state index contributed by atoms with van der Waals surface area (Å²) in [4.78, 5) is 0. The van der Waals surface area contributed by atoms with Crippen molar-refractivity contribution in [2.24, 2.45) is 0 Å². The van der Waals surface area contributed by atoms with Crippen LogP contribution < -0.4 is 0 Å². The van der Waals surface area contributed by atoms with Gasteiger partial charge in [-0.15, -0.1) is 0 Å². The monoisotopic (exact) mass is 364 g/mol. The van der Waals surface area contributed by atoms with Crippen LogP contribution in [0.1, 0.15) is 0 Å². The van der Waals surface area contributed by atoms with Crippen LogP contribution in [-0.4, -0.2) is 67.1 Å². The molecule has 0 atom stereocenters. The summed E-state index contributed by atoms with van der Waals surface area (Å²) in [6.45, 7) is 2.98. The fraction of sp³-hybridized carbons (Fsp3) is 1.00. The molecule has 0 fully saturated rings. The lowest BCUT2D eigenvalue weighted by Crippen LogP contribution is -2.09. The smallest absolute Gasteiger partial charge is 0.382 e. The molecule has 19 heavy (non-hydrogen) atoms. The SMILES string of the molecule is COCCOCCOP(=O)(Br)OCCOCCOC. The van der Waals surface area contributed by atoms with Gasteiger partial charge in [-0.2, -0.15) is 0 Å². The minimum atomic E-state index is -3.21. The van der Waals surface area contributed by atoms with Crippen molar-refractivity contribution in [2.45, 2.75) is 0 Å². The molecule has 0 N–H and O–H groups in total. The molecule has 0 aliphatic rings. The van der Waals surface area contributed by atoms with Crippen LogP contribution in [0.2, 0.25) is 0 Å². The molecule has 0 aliphatic carbocycles. The molecule has 7 nitrogen and oxygen atoms in total. The number of ether oxygens (including phenoxy) is 4. The molecule has 0 aromatic rings. The van der Waals surface area contributed by atoms with Gasteiger partial charge in [0, 0.05) is 29.7 Å². The second-order valence-corrected chi connectivity index (χ2v) is 7.29. The van der Waals surface area contributed by atoms with Gasteiger partial charge in [-0.05, 0) is 0 Å². The van der Waals surface area contributed by atoms with Crippen molar-refractivity contribution >= 4 is 21.8 Å². The van der Waals surface area contributed by atoms with Gasteiger partial charge < -0.3 is 18.9 Å². The van der Waals surface area contributed by atoms with Crippen molar-refractivity contribution in [3.05, 3.63) is 0 Å². The predicted molar refractivity (Wildman–Crippen MR) is 73.8 cm³/mol. The van der Waals surface area contributed by atoms with Gasteiger partial charge in [0.2, 0.25) is 0 Å². The van der Waals surface area contributed by atoms with Crippen LogP contribution >= 0.6 is 21.8 Å².